The minimum Gasteiger partial charge on any atom is -0.391 e. The molecule has 0 bridgehead atoms. The summed E-state index contributed by atoms with van der Waals surface area (Å²) in [7, 11) is -3.57. The van der Waals surface area contributed by atoms with Crippen LogP contribution in [-0.4, -0.2) is 13.5 Å². The minimum atomic E-state index is -3.57. The lowest BCUT2D eigenvalue weighted by molar-refractivity contribution is 0.282. The second-order valence-electron chi connectivity index (χ2n) is 3.38. The number of thiophene rings is 2. The molecule has 0 unspecified atom stereocenters. The van der Waals surface area contributed by atoms with Gasteiger partial charge in [-0.1, -0.05) is 0 Å². The van der Waals surface area contributed by atoms with Gasteiger partial charge in [-0.05, 0) is 38.8 Å². The van der Waals surface area contributed by atoms with Gasteiger partial charge in [-0.2, -0.15) is 0 Å². The van der Waals surface area contributed by atoms with Crippen molar-refractivity contribution in [1.82, 2.24) is 4.72 Å². The van der Waals surface area contributed by atoms with Gasteiger partial charge in [0.2, 0.25) is 10.0 Å². The SMILES string of the molecule is O=S(=O)(NCc1sccc1Br)c1ccsc1CO. The van der Waals surface area contributed by atoms with Gasteiger partial charge in [0.1, 0.15) is 0 Å². The Morgan fingerprint density at radius 3 is 2.50 bits per heavy atom. The molecule has 98 valence electrons. The molecule has 0 aromatic carbocycles. The van der Waals surface area contributed by atoms with E-state index in [2.05, 4.69) is 20.7 Å². The molecule has 2 heterocycles. The van der Waals surface area contributed by atoms with Crippen molar-refractivity contribution in [3.05, 3.63) is 37.1 Å². The highest BCUT2D eigenvalue weighted by Gasteiger charge is 2.19. The van der Waals surface area contributed by atoms with Gasteiger partial charge in [0.25, 0.3) is 0 Å². The van der Waals surface area contributed by atoms with E-state index < -0.39 is 10.0 Å². The highest BCUT2D eigenvalue weighted by atomic mass is 79.9. The van der Waals surface area contributed by atoms with E-state index in [0.717, 1.165) is 9.35 Å². The number of halogens is 1. The van der Waals surface area contributed by atoms with Gasteiger partial charge < -0.3 is 5.11 Å². The normalized spacial score (nSPS) is 11.9. The molecule has 0 radical (unpaired) electrons. The number of hydrogen-bond acceptors (Lipinski definition) is 5. The fourth-order valence-electron chi connectivity index (χ4n) is 1.37. The van der Waals surface area contributed by atoms with Crippen LogP contribution in [0.1, 0.15) is 9.75 Å². The molecule has 2 aromatic heterocycles. The number of sulfonamides is 1. The Morgan fingerprint density at radius 1 is 1.22 bits per heavy atom. The molecule has 0 aliphatic rings. The first-order valence-corrected chi connectivity index (χ1v) is 8.97. The van der Waals surface area contributed by atoms with E-state index in [9.17, 15) is 8.42 Å². The van der Waals surface area contributed by atoms with Gasteiger partial charge in [-0.25, -0.2) is 13.1 Å². The molecular weight excluding hydrogens is 358 g/mol. The summed E-state index contributed by atoms with van der Waals surface area (Å²) in [6, 6.07) is 3.38. The Hall–Kier alpha value is -0.250. The third kappa shape index (κ3) is 3.01. The maximum atomic E-state index is 12.1. The zero-order valence-electron chi connectivity index (χ0n) is 9.09. The van der Waals surface area contributed by atoms with Crippen LogP contribution in [0.2, 0.25) is 0 Å². The van der Waals surface area contributed by atoms with Crippen molar-refractivity contribution in [2.24, 2.45) is 0 Å². The van der Waals surface area contributed by atoms with Gasteiger partial charge in [0.05, 0.1) is 11.5 Å². The smallest absolute Gasteiger partial charge is 0.242 e. The van der Waals surface area contributed by atoms with Crippen molar-refractivity contribution in [2.75, 3.05) is 0 Å². The molecule has 2 N–H and O–H groups in total. The van der Waals surface area contributed by atoms with Crippen molar-refractivity contribution in [1.29, 1.82) is 0 Å². The maximum absolute atomic E-state index is 12.1. The lowest BCUT2D eigenvalue weighted by Crippen LogP contribution is -2.23. The molecule has 0 aliphatic carbocycles. The van der Waals surface area contributed by atoms with Crippen molar-refractivity contribution < 1.29 is 13.5 Å². The standard InChI is InChI=1S/C10H10BrNO3S3/c11-7-1-3-16-8(7)5-12-18(14,15)10-2-4-17-9(10)6-13/h1-4,12-13H,5-6H2. The largest absolute Gasteiger partial charge is 0.391 e. The van der Waals surface area contributed by atoms with E-state index in [1.807, 2.05) is 11.4 Å². The van der Waals surface area contributed by atoms with Crippen LogP contribution in [0.25, 0.3) is 0 Å². The molecule has 0 saturated carbocycles. The molecule has 18 heavy (non-hydrogen) atoms. The number of aliphatic hydroxyl groups is 1. The zero-order chi connectivity index (χ0) is 13.2. The van der Waals surface area contributed by atoms with Gasteiger partial charge in [-0.3, -0.25) is 0 Å². The summed E-state index contributed by atoms with van der Waals surface area (Å²) < 4.78 is 27.5. The third-order valence-electron chi connectivity index (χ3n) is 2.25. The third-order valence-corrected chi connectivity index (χ3v) is 6.70. The first-order chi connectivity index (χ1) is 8.54. The molecule has 0 aliphatic heterocycles. The molecule has 8 heteroatoms. The Bertz CT molecular complexity index is 632. The quantitative estimate of drug-likeness (QED) is 0.853. The summed E-state index contributed by atoms with van der Waals surface area (Å²) in [4.78, 5) is 1.52. The van der Waals surface area contributed by atoms with Crippen LogP contribution in [0.3, 0.4) is 0 Å². The molecule has 0 fully saturated rings. The summed E-state index contributed by atoms with van der Waals surface area (Å²) in [5.41, 5.74) is 0. The van der Waals surface area contributed by atoms with E-state index in [1.165, 1.54) is 28.7 Å². The zero-order valence-corrected chi connectivity index (χ0v) is 13.1. The predicted molar refractivity (Wildman–Crippen MR) is 76.3 cm³/mol. The summed E-state index contributed by atoms with van der Waals surface area (Å²) >= 11 is 6.05. The summed E-state index contributed by atoms with van der Waals surface area (Å²) in [5, 5.41) is 12.6. The van der Waals surface area contributed by atoms with Crippen LogP contribution in [0.4, 0.5) is 0 Å². The van der Waals surface area contributed by atoms with Crippen molar-refractivity contribution in [3.63, 3.8) is 0 Å². The average Bonchev–Trinajstić information content (AvgIpc) is 2.95. The lowest BCUT2D eigenvalue weighted by Gasteiger charge is -2.06. The van der Waals surface area contributed by atoms with E-state index in [-0.39, 0.29) is 18.0 Å². The summed E-state index contributed by atoms with van der Waals surface area (Å²) in [6.45, 7) is -0.0299. The highest BCUT2D eigenvalue weighted by Crippen LogP contribution is 2.25. The number of rotatable bonds is 5. The maximum Gasteiger partial charge on any atom is 0.242 e. The Morgan fingerprint density at radius 2 is 1.89 bits per heavy atom. The minimum absolute atomic E-state index is 0.155. The first-order valence-electron chi connectivity index (χ1n) is 4.93. The molecular formula is C10H10BrNO3S3. The van der Waals surface area contributed by atoms with Gasteiger partial charge in [0, 0.05) is 20.8 Å². The Labute approximate surface area is 121 Å². The summed E-state index contributed by atoms with van der Waals surface area (Å²) in [6.07, 6.45) is 0. The second-order valence-corrected chi connectivity index (χ2v) is 7.97. The fraction of sp³-hybridized carbons (Fsp3) is 0.200. The molecule has 2 rings (SSSR count). The Kier molecular flexibility index (Phi) is 4.57. The van der Waals surface area contributed by atoms with Crippen LogP contribution in [0, 0.1) is 0 Å². The molecule has 0 saturated heterocycles. The molecule has 4 nitrogen and oxygen atoms in total. The molecule has 2 aromatic rings. The number of aliphatic hydroxyl groups excluding tert-OH is 1. The van der Waals surface area contributed by atoms with E-state index in [4.69, 9.17) is 5.11 Å². The highest BCUT2D eigenvalue weighted by molar-refractivity contribution is 9.10. The number of nitrogens with one attached hydrogen (secondary N) is 1. The van der Waals surface area contributed by atoms with Crippen molar-refractivity contribution >= 4 is 48.6 Å². The number of hydrogen-bond donors (Lipinski definition) is 2. The van der Waals surface area contributed by atoms with E-state index in [0.29, 0.717) is 4.88 Å². The van der Waals surface area contributed by atoms with E-state index in [1.54, 1.807) is 5.38 Å². The predicted octanol–water partition coefficient (Wildman–Crippen LogP) is 2.54. The molecule has 0 atom stereocenters. The van der Waals surface area contributed by atoms with Gasteiger partial charge in [-0.15, -0.1) is 22.7 Å². The lowest BCUT2D eigenvalue weighted by atomic mass is 10.5. The Balaban J connectivity index is 2.16. The van der Waals surface area contributed by atoms with Crippen LogP contribution in [0.5, 0.6) is 0 Å². The van der Waals surface area contributed by atoms with Crippen LogP contribution in [-0.2, 0) is 23.2 Å². The van der Waals surface area contributed by atoms with Gasteiger partial charge >= 0.3 is 0 Å². The van der Waals surface area contributed by atoms with Crippen LogP contribution >= 0.6 is 38.6 Å². The van der Waals surface area contributed by atoms with Crippen LogP contribution in [0.15, 0.2) is 32.3 Å². The first kappa shape index (κ1) is 14.2. The van der Waals surface area contributed by atoms with Crippen LogP contribution < -0.4 is 4.72 Å². The fourth-order valence-corrected chi connectivity index (χ4v) is 5.18. The van der Waals surface area contributed by atoms with Crippen molar-refractivity contribution in [3.8, 4) is 0 Å². The van der Waals surface area contributed by atoms with Gasteiger partial charge in [0.15, 0.2) is 0 Å². The second kappa shape index (κ2) is 5.81. The molecule has 0 amide bonds. The van der Waals surface area contributed by atoms with E-state index >= 15 is 0 Å². The summed E-state index contributed by atoms with van der Waals surface area (Å²) in [5.74, 6) is 0. The van der Waals surface area contributed by atoms with Crippen molar-refractivity contribution in [2.45, 2.75) is 18.0 Å². The topological polar surface area (TPSA) is 66.4 Å². The monoisotopic (exact) mass is 367 g/mol. The molecule has 0 spiro atoms. The average molecular weight is 368 g/mol.